The van der Waals surface area contributed by atoms with Gasteiger partial charge in [-0.2, -0.15) is 0 Å². The van der Waals surface area contributed by atoms with Crippen LogP contribution in [-0.4, -0.2) is 34.3 Å². The molecule has 0 aliphatic carbocycles. The molecule has 1 atom stereocenters. The Bertz CT molecular complexity index is 982. The lowest BCUT2D eigenvalue weighted by atomic mass is 10.1. The highest BCUT2D eigenvalue weighted by atomic mass is 19.1. The molecule has 6 nitrogen and oxygen atoms in total. The minimum Gasteiger partial charge on any atom is -0.484 e. The van der Waals surface area contributed by atoms with Crippen LogP contribution in [0.25, 0.3) is 0 Å². The number of carbonyl (C=O) groups is 2. The lowest BCUT2D eigenvalue weighted by molar-refractivity contribution is -0.142. The highest BCUT2D eigenvalue weighted by Crippen LogP contribution is 2.13. The molecule has 160 valence electrons. The third-order valence-corrected chi connectivity index (χ3v) is 4.71. The van der Waals surface area contributed by atoms with Crippen LogP contribution in [0.3, 0.4) is 0 Å². The number of benzene rings is 2. The van der Waals surface area contributed by atoms with E-state index in [2.05, 4.69) is 10.3 Å². The van der Waals surface area contributed by atoms with Crippen LogP contribution in [0.2, 0.25) is 0 Å². The largest absolute Gasteiger partial charge is 0.484 e. The molecule has 31 heavy (non-hydrogen) atoms. The summed E-state index contributed by atoms with van der Waals surface area (Å²) in [5, 5.41) is 2.81. The van der Waals surface area contributed by atoms with Crippen LogP contribution >= 0.6 is 0 Å². The molecule has 1 N–H and O–H groups in total. The van der Waals surface area contributed by atoms with Gasteiger partial charge in [0.1, 0.15) is 17.6 Å². The summed E-state index contributed by atoms with van der Waals surface area (Å²) in [7, 11) is 0. The standard InChI is InChI=1S/C24H24FN3O3/c1-18(24(30)27-15-21-7-5-6-14-26-21)28(16-19-10-12-20(25)13-11-19)23(29)17-31-22-8-3-2-4-9-22/h2-14,18H,15-17H2,1H3,(H,27,30)/t18-/m0/s1. The lowest BCUT2D eigenvalue weighted by Crippen LogP contribution is -2.48. The van der Waals surface area contributed by atoms with Crippen molar-refractivity contribution >= 4 is 11.8 Å². The van der Waals surface area contributed by atoms with Gasteiger partial charge in [0, 0.05) is 12.7 Å². The zero-order valence-corrected chi connectivity index (χ0v) is 17.2. The summed E-state index contributed by atoms with van der Waals surface area (Å²) in [6.07, 6.45) is 1.65. The summed E-state index contributed by atoms with van der Waals surface area (Å²) in [6, 6.07) is 19.5. The van der Waals surface area contributed by atoms with E-state index >= 15 is 0 Å². The third kappa shape index (κ3) is 6.64. The molecule has 0 saturated heterocycles. The second kappa shape index (κ2) is 10.9. The van der Waals surface area contributed by atoms with Gasteiger partial charge < -0.3 is 15.0 Å². The molecule has 2 amide bonds. The van der Waals surface area contributed by atoms with Gasteiger partial charge in [0.15, 0.2) is 6.61 Å². The third-order valence-electron chi connectivity index (χ3n) is 4.71. The predicted molar refractivity (Wildman–Crippen MR) is 114 cm³/mol. The fourth-order valence-corrected chi connectivity index (χ4v) is 2.94. The average Bonchev–Trinajstić information content (AvgIpc) is 2.81. The van der Waals surface area contributed by atoms with Gasteiger partial charge >= 0.3 is 0 Å². The van der Waals surface area contributed by atoms with E-state index in [1.54, 1.807) is 49.5 Å². The topological polar surface area (TPSA) is 71.5 Å². The summed E-state index contributed by atoms with van der Waals surface area (Å²) in [5.41, 5.74) is 1.42. The smallest absolute Gasteiger partial charge is 0.261 e. The fourth-order valence-electron chi connectivity index (χ4n) is 2.94. The van der Waals surface area contributed by atoms with Gasteiger partial charge in [-0.3, -0.25) is 14.6 Å². The van der Waals surface area contributed by atoms with Crippen LogP contribution in [0.1, 0.15) is 18.2 Å². The SMILES string of the molecule is C[C@@H](C(=O)NCc1ccccn1)N(Cc1ccc(F)cc1)C(=O)COc1ccccc1. The molecule has 0 fully saturated rings. The van der Waals surface area contributed by atoms with Crippen molar-refractivity contribution in [1.82, 2.24) is 15.2 Å². The molecular formula is C24H24FN3O3. The summed E-state index contributed by atoms with van der Waals surface area (Å²) >= 11 is 0. The van der Waals surface area contributed by atoms with E-state index < -0.39 is 6.04 Å². The number of halogens is 1. The fraction of sp³-hybridized carbons (Fsp3) is 0.208. The van der Waals surface area contributed by atoms with Gasteiger partial charge in [-0.15, -0.1) is 0 Å². The first-order valence-corrected chi connectivity index (χ1v) is 9.92. The molecule has 0 aliphatic rings. The van der Waals surface area contributed by atoms with Crippen LogP contribution in [0.5, 0.6) is 5.75 Å². The Hall–Kier alpha value is -3.74. The monoisotopic (exact) mass is 421 g/mol. The second-order valence-electron chi connectivity index (χ2n) is 6.96. The Morgan fingerprint density at radius 3 is 2.42 bits per heavy atom. The molecule has 0 spiro atoms. The first-order chi connectivity index (χ1) is 15.0. The van der Waals surface area contributed by atoms with Crippen LogP contribution in [0, 0.1) is 5.82 Å². The van der Waals surface area contributed by atoms with Gasteiger partial charge in [-0.05, 0) is 48.9 Å². The van der Waals surface area contributed by atoms with Gasteiger partial charge in [-0.25, -0.2) is 4.39 Å². The van der Waals surface area contributed by atoms with Crippen molar-refractivity contribution in [1.29, 1.82) is 0 Å². The van der Waals surface area contributed by atoms with Crippen molar-refractivity contribution in [3.8, 4) is 5.75 Å². The van der Waals surface area contributed by atoms with Gasteiger partial charge in [0.05, 0.1) is 12.2 Å². The number of hydrogen-bond donors (Lipinski definition) is 1. The second-order valence-corrected chi connectivity index (χ2v) is 6.96. The highest BCUT2D eigenvalue weighted by molar-refractivity contribution is 5.87. The van der Waals surface area contributed by atoms with Crippen LogP contribution in [0.4, 0.5) is 4.39 Å². The lowest BCUT2D eigenvalue weighted by Gasteiger charge is -2.28. The van der Waals surface area contributed by atoms with Gasteiger partial charge in [0.2, 0.25) is 5.91 Å². The maximum absolute atomic E-state index is 13.3. The minimum absolute atomic E-state index is 0.148. The molecule has 0 aliphatic heterocycles. The molecule has 3 rings (SSSR count). The molecule has 3 aromatic rings. The molecule has 0 saturated carbocycles. The molecule has 1 heterocycles. The summed E-state index contributed by atoms with van der Waals surface area (Å²) in [5.74, 6) is -0.477. The molecular weight excluding hydrogens is 397 g/mol. The molecule has 0 radical (unpaired) electrons. The predicted octanol–water partition coefficient (Wildman–Crippen LogP) is 3.33. The number of nitrogens with one attached hydrogen (secondary N) is 1. The maximum atomic E-state index is 13.3. The van der Waals surface area contributed by atoms with E-state index in [4.69, 9.17) is 4.74 Å². The van der Waals surface area contributed by atoms with Gasteiger partial charge in [0.25, 0.3) is 5.91 Å². The Morgan fingerprint density at radius 2 is 1.74 bits per heavy atom. The van der Waals surface area contributed by atoms with Crippen LogP contribution in [-0.2, 0) is 22.7 Å². The Kier molecular flexibility index (Phi) is 7.70. The van der Waals surface area contributed by atoms with Crippen molar-refractivity contribution in [3.05, 3.63) is 96.1 Å². The van der Waals surface area contributed by atoms with Crippen molar-refractivity contribution in [2.75, 3.05) is 6.61 Å². The van der Waals surface area contributed by atoms with Gasteiger partial charge in [-0.1, -0.05) is 36.4 Å². The van der Waals surface area contributed by atoms with Crippen molar-refractivity contribution < 1.29 is 18.7 Å². The van der Waals surface area contributed by atoms with Crippen molar-refractivity contribution in [2.24, 2.45) is 0 Å². The molecule has 0 bridgehead atoms. The zero-order chi connectivity index (χ0) is 22.1. The highest BCUT2D eigenvalue weighted by Gasteiger charge is 2.26. The number of pyridine rings is 1. The first kappa shape index (κ1) is 22.0. The normalized spacial score (nSPS) is 11.4. The van der Waals surface area contributed by atoms with Crippen molar-refractivity contribution in [3.63, 3.8) is 0 Å². The Labute approximate surface area is 180 Å². The zero-order valence-electron chi connectivity index (χ0n) is 17.2. The molecule has 0 unspecified atom stereocenters. The van der Waals surface area contributed by atoms with Crippen LogP contribution < -0.4 is 10.1 Å². The van der Waals surface area contributed by atoms with Crippen molar-refractivity contribution in [2.45, 2.75) is 26.1 Å². The summed E-state index contributed by atoms with van der Waals surface area (Å²) in [4.78, 5) is 31.3. The summed E-state index contributed by atoms with van der Waals surface area (Å²) < 4.78 is 18.8. The van der Waals surface area contributed by atoms with E-state index in [0.717, 1.165) is 0 Å². The molecule has 7 heteroatoms. The quantitative estimate of drug-likeness (QED) is 0.575. The number of carbonyl (C=O) groups excluding carboxylic acids is 2. The number of hydrogen-bond acceptors (Lipinski definition) is 4. The number of para-hydroxylation sites is 1. The number of rotatable bonds is 9. The number of amides is 2. The maximum Gasteiger partial charge on any atom is 0.261 e. The number of ether oxygens (including phenoxy) is 1. The number of nitrogens with zero attached hydrogens (tertiary/aromatic N) is 2. The van der Waals surface area contributed by atoms with E-state index in [-0.39, 0.29) is 37.3 Å². The first-order valence-electron chi connectivity index (χ1n) is 9.92. The minimum atomic E-state index is -0.763. The Morgan fingerprint density at radius 1 is 1.03 bits per heavy atom. The molecule has 2 aromatic carbocycles. The van der Waals surface area contributed by atoms with Crippen LogP contribution in [0.15, 0.2) is 79.0 Å². The molecule has 1 aromatic heterocycles. The summed E-state index contributed by atoms with van der Waals surface area (Å²) in [6.45, 7) is 1.83. The number of aromatic nitrogens is 1. The Balaban J connectivity index is 1.69. The average molecular weight is 421 g/mol. The van der Waals surface area contributed by atoms with E-state index in [0.29, 0.717) is 17.0 Å². The van der Waals surface area contributed by atoms with E-state index in [9.17, 15) is 14.0 Å². The van der Waals surface area contributed by atoms with E-state index in [1.807, 2.05) is 24.3 Å². The van der Waals surface area contributed by atoms with E-state index in [1.165, 1.54) is 17.0 Å².